The van der Waals surface area contributed by atoms with Gasteiger partial charge in [0.15, 0.2) is 0 Å². The van der Waals surface area contributed by atoms with Crippen molar-refractivity contribution in [3.63, 3.8) is 0 Å². The molecule has 1 aliphatic rings. The molecule has 11 nitrogen and oxygen atoms in total. The second kappa shape index (κ2) is 21.5. The minimum absolute atomic E-state index is 0.212. The molecule has 1 unspecified atom stereocenters. The molecule has 0 aromatic rings. The highest BCUT2D eigenvalue weighted by Crippen LogP contribution is 2.23. The third kappa shape index (κ3) is 15.7. The Labute approximate surface area is 260 Å². The van der Waals surface area contributed by atoms with Gasteiger partial charge in [0, 0.05) is 12.8 Å². The Balaban J connectivity index is 3.11. The first-order valence-electron chi connectivity index (χ1n) is 15.4. The molecule has 0 fully saturated rings. The monoisotopic (exact) mass is 626 g/mol. The highest BCUT2D eigenvalue weighted by atomic mass is 16.6. The van der Waals surface area contributed by atoms with Crippen LogP contribution in [0.1, 0.15) is 72.1 Å². The van der Waals surface area contributed by atoms with Gasteiger partial charge in [0.1, 0.15) is 24.4 Å². The van der Waals surface area contributed by atoms with Gasteiger partial charge in [-0.15, -0.1) is 0 Å². The molecule has 0 radical (unpaired) electrons. The molecule has 44 heavy (non-hydrogen) atoms. The number of hydrogen-bond acceptors (Lipinski definition) is 11. The number of aliphatic hydroxyl groups excluding tert-OH is 9. The summed E-state index contributed by atoms with van der Waals surface area (Å²) in [4.78, 5) is 12.9. The van der Waals surface area contributed by atoms with E-state index in [9.17, 15) is 50.8 Å². The van der Waals surface area contributed by atoms with Crippen LogP contribution in [0, 0.1) is 5.92 Å². The molecule has 0 saturated heterocycles. The summed E-state index contributed by atoms with van der Waals surface area (Å²) in [6, 6.07) is 0. The lowest BCUT2D eigenvalue weighted by atomic mass is 9.90. The molecule has 0 aromatic heterocycles. The molecular formula is C33H54O11. The molecule has 0 amide bonds. The number of esters is 1. The van der Waals surface area contributed by atoms with Crippen molar-refractivity contribution in [2.24, 2.45) is 5.92 Å². The summed E-state index contributed by atoms with van der Waals surface area (Å²) in [7, 11) is 0. The first-order chi connectivity index (χ1) is 20.8. The predicted octanol–water partition coefficient (Wildman–Crippen LogP) is 1.11. The second-order valence-corrected chi connectivity index (χ2v) is 11.7. The topological polar surface area (TPSA) is 208 Å². The lowest BCUT2D eigenvalue weighted by molar-refractivity contribution is -0.162. The van der Waals surface area contributed by atoms with Gasteiger partial charge in [0.25, 0.3) is 0 Å². The molecule has 252 valence electrons. The number of cyclic esters (lactones) is 1. The molecule has 0 bridgehead atoms. The first kappa shape index (κ1) is 39.8. The fourth-order valence-electron chi connectivity index (χ4n) is 4.86. The van der Waals surface area contributed by atoms with E-state index in [0.29, 0.717) is 18.4 Å². The van der Waals surface area contributed by atoms with E-state index in [2.05, 4.69) is 0 Å². The number of rotatable bonds is 3. The van der Waals surface area contributed by atoms with Crippen LogP contribution in [0.15, 0.2) is 60.3 Å². The van der Waals surface area contributed by atoms with Gasteiger partial charge < -0.3 is 50.7 Å². The molecule has 1 rings (SSSR count). The molecule has 11 atom stereocenters. The third-order valence-electron chi connectivity index (χ3n) is 7.60. The van der Waals surface area contributed by atoms with Crippen molar-refractivity contribution in [3.8, 4) is 0 Å². The van der Waals surface area contributed by atoms with Crippen LogP contribution in [0.2, 0.25) is 0 Å². The lowest BCUT2D eigenvalue weighted by Gasteiger charge is -2.27. The molecule has 1 aliphatic heterocycles. The average Bonchev–Trinajstić information content (AvgIpc) is 2.94. The SMILES string of the molecule is CCCC[C@H]1C(=O)O[C@@H](C)[C@@H](O)/C=C/C=C/C=C/C=C/C=C(/C)[C@H](O)C(O)[C@H](O)C[C@H](O)C[C@H](O)C[C@H](O)C[C@@H](O)C[C@H]1O. The minimum atomic E-state index is -1.59. The molecular weight excluding hydrogens is 572 g/mol. The Hall–Kier alpha value is -2.19. The summed E-state index contributed by atoms with van der Waals surface area (Å²) in [6.45, 7) is 5.03. The summed E-state index contributed by atoms with van der Waals surface area (Å²) >= 11 is 0. The molecule has 11 heteroatoms. The standard InChI is InChI=1S/C33H54O11/c1-4-5-14-27-29(39)19-25(36)17-23(34)16-24(35)18-26(37)20-30(40)32(42)31(41)21(2)13-11-9-7-6-8-10-12-15-28(38)22(3)44-33(27)43/h6-13,15,22-32,34-42H,4-5,14,16-20H2,1-3H3/b7-6+,10-8+,11-9+,15-12+,21-13-/t22-,23-,24+,25+,26+,27+,28-,29+,30+,31-,32?/m0/s1. The van der Waals surface area contributed by atoms with Gasteiger partial charge in [-0.1, -0.05) is 74.4 Å². The molecule has 0 spiro atoms. The Morgan fingerprint density at radius 3 is 1.73 bits per heavy atom. The Morgan fingerprint density at radius 2 is 1.18 bits per heavy atom. The number of carbonyl (C=O) groups excluding carboxylic acids is 1. The number of unbranched alkanes of at least 4 members (excludes halogenated alkanes) is 1. The quantitative estimate of drug-likeness (QED) is 0.203. The van der Waals surface area contributed by atoms with Crippen LogP contribution >= 0.6 is 0 Å². The number of carbonyl (C=O) groups is 1. The normalized spacial score (nSPS) is 40.8. The van der Waals surface area contributed by atoms with Crippen LogP contribution in [0.4, 0.5) is 0 Å². The maximum atomic E-state index is 12.9. The van der Waals surface area contributed by atoms with E-state index in [1.165, 1.54) is 13.0 Å². The Morgan fingerprint density at radius 1 is 0.705 bits per heavy atom. The average molecular weight is 627 g/mol. The smallest absolute Gasteiger partial charge is 0.311 e. The maximum absolute atomic E-state index is 12.9. The lowest BCUT2D eigenvalue weighted by Crippen LogP contribution is -2.40. The molecule has 9 N–H and O–H groups in total. The minimum Gasteiger partial charge on any atom is -0.459 e. The predicted molar refractivity (Wildman–Crippen MR) is 166 cm³/mol. The van der Waals surface area contributed by atoms with Crippen molar-refractivity contribution in [3.05, 3.63) is 60.3 Å². The van der Waals surface area contributed by atoms with Gasteiger partial charge in [-0.05, 0) is 45.1 Å². The highest BCUT2D eigenvalue weighted by molar-refractivity contribution is 5.73. The number of hydrogen-bond donors (Lipinski definition) is 9. The van der Waals surface area contributed by atoms with Crippen molar-refractivity contribution in [2.45, 2.75) is 133 Å². The highest BCUT2D eigenvalue weighted by Gasteiger charge is 2.32. The summed E-state index contributed by atoms with van der Waals surface area (Å²) in [5.74, 6) is -1.66. The van der Waals surface area contributed by atoms with Crippen molar-refractivity contribution in [2.75, 3.05) is 0 Å². The van der Waals surface area contributed by atoms with Crippen molar-refractivity contribution >= 4 is 5.97 Å². The Kier molecular flexibility index (Phi) is 19.5. The van der Waals surface area contributed by atoms with Crippen LogP contribution in [0.25, 0.3) is 0 Å². The molecule has 1 heterocycles. The van der Waals surface area contributed by atoms with Crippen molar-refractivity contribution in [1.82, 2.24) is 0 Å². The molecule has 0 saturated carbocycles. The maximum Gasteiger partial charge on any atom is 0.311 e. The van der Waals surface area contributed by atoms with Crippen LogP contribution in [-0.2, 0) is 9.53 Å². The van der Waals surface area contributed by atoms with Crippen LogP contribution in [0.5, 0.6) is 0 Å². The zero-order chi connectivity index (χ0) is 33.2. The summed E-state index contributed by atoms with van der Waals surface area (Å²) in [5, 5.41) is 93.9. The summed E-state index contributed by atoms with van der Waals surface area (Å²) in [6.07, 6.45) is 2.50. The number of aliphatic hydroxyl groups is 9. The summed E-state index contributed by atoms with van der Waals surface area (Å²) in [5.41, 5.74) is 0.370. The van der Waals surface area contributed by atoms with E-state index in [-0.39, 0.29) is 32.1 Å². The molecule has 0 aliphatic carbocycles. The van der Waals surface area contributed by atoms with Gasteiger partial charge in [-0.3, -0.25) is 4.79 Å². The third-order valence-corrected chi connectivity index (χ3v) is 7.60. The fourth-order valence-corrected chi connectivity index (χ4v) is 4.86. The van der Waals surface area contributed by atoms with Crippen LogP contribution in [0.3, 0.4) is 0 Å². The van der Waals surface area contributed by atoms with Gasteiger partial charge in [-0.25, -0.2) is 0 Å². The largest absolute Gasteiger partial charge is 0.459 e. The van der Waals surface area contributed by atoms with Crippen molar-refractivity contribution in [1.29, 1.82) is 0 Å². The van der Waals surface area contributed by atoms with Crippen LogP contribution in [-0.4, -0.2) is 113 Å². The zero-order valence-electron chi connectivity index (χ0n) is 26.0. The zero-order valence-corrected chi connectivity index (χ0v) is 26.0. The van der Waals surface area contributed by atoms with E-state index in [1.807, 2.05) is 6.92 Å². The van der Waals surface area contributed by atoms with E-state index in [4.69, 9.17) is 4.74 Å². The summed E-state index contributed by atoms with van der Waals surface area (Å²) < 4.78 is 5.44. The molecule has 0 aromatic carbocycles. The Bertz CT molecular complexity index is 959. The first-order valence-corrected chi connectivity index (χ1v) is 15.4. The second-order valence-electron chi connectivity index (χ2n) is 11.7. The fraction of sp³-hybridized carbons (Fsp3) is 0.667. The van der Waals surface area contributed by atoms with Gasteiger partial charge in [0.2, 0.25) is 0 Å². The van der Waals surface area contributed by atoms with Crippen molar-refractivity contribution < 1.29 is 55.5 Å². The number of allylic oxidation sites excluding steroid dienone is 8. The van der Waals surface area contributed by atoms with E-state index >= 15 is 0 Å². The van der Waals surface area contributed by atoms with Gasteiger partial charge >= 0.3 is 5.97 Å². The van der Waals surface area contributed by atoms with E-state index < -0.39 is 72.9 Å². The van der Waals surface area contributed by atoms with E-state index in [0.717, 1.165) is 6.42 Å². The number of ether oxygens (including phenoxy) is 1. The van der Waals surface area contributed by atoms with Crippen LogP contribution < -0.4 is 0 Å². The van der Waals surface area contributed by atoms with Gasteiger partial charge in [-0.2, -0.15) is 0 Å². The van der Waals surface area contributed by atoms with Gasteiger partial charge in [0.05, 0.1) is 42.5 Å². The van der Waals surface area contributed by atoms with E-state index in [1.54, 1.807) is 55.5 Å².